The summed E-state index contributed by atoms with van der Waals surface area (Å²) < 4.78 is 0. The summed E-state index contributed by atoms with van der Waals surface area (Å²) in [6.07, 6.45) is -0.106. The highest BCUT2D eigenvalue weighted by atomic mass is 16.3. The Bertz CT molecular complexity index is 92.9. The normalized spacial score (nSPS) is 36.0. The first kappa shape index (κ1) is 7.03. The first-order valence-electron chi connectivity index (χ1n) is 3.60. The Morgan fingerprint density at radius 2 is 2.11 bits per heavy atom. The van der Waals surface area contributed by atoms with Gasteiger partial charge in [0.05, 0.1) is 6.10 Å². The van der Waals surface area contributed by atoms with Crippen molar-refractivity contribution in [2.24, 2.45) is 11.8 Å². The van der Waals surface area contributed by atoms with Crippen LogP contribution in [0.2, 0.25) is 0 Å². The van der Waals surface area contributed by atoms with E-state index < -0.39 is 0 Å². The summed E-state index contributed by atoms with van der Waals surface area (Å²) in [5, 5.41) is 12.5. The zero-order chi connectivity index (χ0) is 6.85. The monoisotopic (exact) mass is 129 g/mol. The molecule has 0 bridgehead atoms. The second-order valence-electron chi connectivity index (χ2n) is 3.13. The van der Waals surface area contributed by atoms with E-state index in [1.165, 1.54) is 0 Å². The van der Waals surface area contributed by atoms with Gasteiger partial charge in [0.15, 0.2) is 0 Å². The molecule has 0 aromatic carbocycles. The average molecular weight is 129 g/mol. The Kier molecular flexibility index (Phi) is 2.09. The second-order valence-corrected chi connectivity index (χ2v) is 3.13. The van der Waals surface area contributed by atoms with Crippen LogP contribution in [0.3, 0.4) is 0 Å². The number of hydrogen-bond donors (Lipinski definition) is 2. The Hall–Kier alpha value is -0.0800. The van der Waals surface area contributed by atoms with Gasteiger partial charge in [-0.2, -0.15) is 0 Å². The van der Waals surface area contributed by atoms with E-state index in [4.69, 9.17) is 0 Å². The van der Waals surface area contributed by atoms with Crippen LogP contribution in [0.1, 0.15) is 13.8 Å². The van der Waals surface area contributed by atoms with E-state index in [2.05, 4.69) is 19.2 Å². The molecule has 0 radical (unpaired) electrons. The fourth-order valence-electron chi connectivity index (χ4n) is 1.37. The van der Waals surface area contributed by atoms with Gasteiger partial charge >= 0.3 is 0 Å². The molecule has 1 fully saturated rings. The summed E-state index contributed by atoms with van der Waals surface area (Å²) in [4.78, 5) is 0. The van der Waals surface area contributed by atoms with Crippen molar-refractivity contribution in [2.75, 3.05) is 13.1 Å². The third-order valence-corrected chi connectivity index (χ3v) is 2.08. The third kappa shape index (κ3) is 1.43. The molecule has 1 aliphatic rings. The Labute approximate surface area is 56.3 Å². The predicted octanol–water partition coefficient (Wildman–Crippen LogP) is 0.223. The minimum atomic E-state index is -0.106. The molecule has 2 nitrogen and oxygen atoms in total. The smallest absolute Gasteiger partial charge is 0.0707 e. The fourth-order valence-corrected chi connectivity index (χ4v) is 1.37. The number of aliphatic hydroxyl groups excluding tert-OH is 1. The van der Waals surface area contributed by atoms with E-state index in [0.29, 0.717) is 11.8 Å². The lowest BCUT2D eigenvalue weighted by molar-refractivity contribution is 0.123. The molecule has 0 aromatic heterocycles. The summed E-state index contributed by atoms with van der Waals surface area (Å²) in [5.41, 5.74) is 0. The lowest BCUT2D eigenvalue weighted by Crippen LogP contribution is -2.22. The molecule has 2 N–H and O–H groups in total. The van der Waals surface area contributed by atoms with E-state index in [-0.39, 0.29) is 6.10 Å². The van der Waals surface area contributed by atoms with Gasteiger partial charge in [-0.1, -0.05) is 13.8 Å². The van der Waals surface area contributed by atoms with Gasteiger partial charge < -0.3 is 10.4 Å². The van der Waals surface area contributed by atoms with E-state index in [0.717, 1.165) is 13.1 Å². The fraction of sp³-hybridized carbons (Fsp3) is 1.00. The molecule has 0 amide bonds. The van der Waals surface area contributed by atoms with Crippen molar-refractivity contribution >= 4 is 0 Å². The largest absolute Gasteiger partial charge is 0.391 e. The van der Waals surface area contributed by atoms with Crippen molar-refractivity contribution in [3.8, 4) is 0 Å². The number of nitrogens with one attached hydrogen (secondary N) is 1. The minimum Gasteiger partial charge on any atom is -0.391 e. The maximum atomic E-state index is 9.30. The number of hydrogen-bond acceptors (Lipinski definition) is 2. The summed E-state index contributed by atoms with van der Waals surface area (Å²) in [5.74, 6) is 1.08. The molecule has 2 atom stereocenters. The zero-order valence-corrected chi connectivity index (χ0v) is 6.09. The summed E-state index contributed by atoms with van der Waals surface area (Å²) >= 11 is 0. The quantitative estimate of drug-likeness (QED) is 0.531. The van der Waals surface area contributed by atoms with Gasteiger partial charge in [-0.25, -0.2) is 0 Å². The summed E-state index contributed by atoms with van der Waals surface area (Å²) in [6, 6.07) is 0. The van der Waals surface area contributed by atoms with Crippen molar-refractivity contribution in [2.45, 2.75) is 20.0 Å². The second kappa shape index (κ2) is 2.67. The van der Waals surface area contributed by atoms with Gasteiger partial charge in [0.1, 0.15) is 0 Å². The zero-order valence-electron chi connectivity index (χ0n) is 6.09. The molecule has 1 unspecified atom stereocenters. The molecule has 9 heavy (non-hydrogen) atoms. The number of aliphatic hydroxyl groups is 1. The Morgan fingerprint density at radius 3 is 2.33 bits per heavy atom. The first-order valence-corrected chi connectivity index (χ1v) is 3.60. The lowest BCUT2D eigenvalue weighted by atomic mass is 9.93. The van der Waals surface area contributed by atoms with Crippen molar-refractivity contribution in [3.05, 3.63) is 0 Å². The van der Waals surface area contributed by atoms with Crippen LogP contribution in [0.4, 0.5) is 0 Å². The van der Waals surface area contributed by atoms with Crippen LogP contribution in [0.25, 0.3) is 0 Å². The molecule has 54 valence electrons. The van der Waals surface area contributed by atoms with Crippen molar-refractivity contribution in [3.63, 3.8) is 0 Å². The van der Waals surface area contributed by atoms with Crippen LogP contribution in [-0.4, -0.2) is 24.3 Å². The SMILES string of the molecule is CC(C)C1CNC[C@H]1O. The topological polar surface area (TPSA) is 32.3 Å². The molecule has 0 aliphatic carbocycles. The Morgan fingerprint density at radius 1 is 1.44 bits per heavy atom. The van der Waals surface area contributed by atoms with Gasteiger partial charge in [0, 0.05) is 19.0 Å². The van der Waals surface area contributed by atoms with Gasteiger partial charge in [-0.15, -0.1) is 0 Å². The van der Waals surface area contributed by atoms with Crippen LogP contribution in [0, 0.1) is 11.8 Å². The summed E-state index contributed by atoms with van der Waals surface area (Å²) in [7, 11) is 0. The first-order chi connectivity index (χ1) is 4.22. The van der Waals surface area contributed by atoms with E-state index in [1.54, 1.807) is 0 Å². The standard InChI is InChI=1S/C7H15NO/c1-5(2)6-3-8-4-7(6)9/h5-9H,3-4H2,1-2H3/t6?,7-/m1/s1. The average Bonchev–Trinajstić information content (AvgIpc) is 2.13. The van der Waals surface area contributed by atoms with Crippen LogP contribution in [0.5, 0.6) is 0 Å². The van der Waals surface area contributed by atoms with Gasteiger partial charge in [0.2, 0.25) is 0 Å². The van der Waals surface area contributed by atoms with E-state index in [9.17, 15) is 5.11 Å². The molecule has 1 saturated heterocycles. The highest BCUT2D eigenvalue weighted by molar-refractivity contribution is 4.81. The molecular formula is C7H15NO. The van der Waals surface area contributed by atoms with E-state index in [1.807, 2.05) is 0 Å². The maximum Gasteiger partial charge on any atom is 0.0707 e. The van der Waals surface area contributed by atoms with Gasteiger partial charge in [0.25, 0.3) is 0 Å². The minimum absolute atomic E-state index is 0.106. The highest BCUT2D eigenvalue weighted by Crippen LogP contribution is 2.17. The van der Waals surface area contributed by atoms with Gasteiger partial charge in [-0.3, -0.25) is 0 Å². The predicted molar refractivity (Wildman–Crippen MR) is 37.2 cm³/mol. The molecule has 1 heterocycles. The van der Waals surface area contributed by atoms with E-state index >= 15 is 0 Å². The third-order valence-electron chi connectivity index (χ3n) is 2.08. The molecule has 0 spiro atoms. The summed E-state index contributed by atoms with van der Waals surface area (Å²) in [6.45, 7) is 6.07. The van der Waals surface area contributed by atoms with Crippen LogP contribution < -0.4 is 5.32 Å². The molecule has 0 saturated carbocycles. The molecule has 2 heteroatoms. The van der Waals surface area contributed by atoms with Gasteiger partial charge in [-0.05, 0) is 5.92 Å². The van der Waals surface area contributed by atoms with Crippen LogP contribution >= 0.6 is 0 Å². The lowest BCUT2D eigenvalue weighted by Gasteiger charge is -2.16. The van der Waals surface area contributed by atoms with Crippen molar-refractivity contribution in [1.29, 1.82) is 0 Å². The number of β-amino-alcohol motifs (C(OH)–C–C–N with tert-alkyl or cyclic N) is 1. The maximum absolute atomic E-state index is 9.30. The molecular weight excluding hydrogens is 114 g/mol. The number of rotatable bonds is 1. The molecule has 0 aromatic rings. The Balaban J connectivity index is 2.40. The van der Waals surface area contributed by atoms with Crippen molar-refractivity contribution in [1.82, 2.24) is 5.32 Å². The molecule has 1 aliphatic heterocycles. The molecule has 1 rings (SSSR count). The van der Waals surface area contributed by atoms with Crippen LogP contribution in [0.15, 0.2) is 0 Å². The van der Waals surface area contributed by atoms with Crippen LogP contribution in [-0.2, 0) is 0 Å². The van der Waals surface area contributed by atoms with Crippen molar-refractivity contribution < 1.29 is 5.11 Å². The highest BCUT2D eigenvalue weighted by Gasteiger charge is 2.26.